The summed E-state index contributed by atoms with van der Waals surface area (Å²) < 4.78 is 42.8. The van der Waals surface area contributed by atoms with Gasteiger partial charge in [0.15, 0.2) is 10.6 Å². The normalized spacial score (nSPS) is 16.3. The van der Waals surface area contributed by atoms with E-state index in [1.807, 2.05) is 4.90 Å². The number of hydrogen-bond acceptors (Lipinski definition) is 8. The van der Waals surface area contributed by atoms with Gasteiger partial charge in [-0.3, -0.25) is 9.36 Å². The SMILES string of the molecule is Nc1nc(N2CCC[C@H]2c2nc3cccc(C(F)(F)F)c3c(=O)n2-c2ccccc2)c2ncsc2n1. The molecule has 12 heteroatoms. The van der Waals surface area contributed by atoms with Crippen molar-refractivity contribution in [1.82, 2.24) is 24.5 Å². The van der Waals surface area contributed by atoms with Gasteiger partial charge in [-0.15, -0.1) is 11.3 Å². The van der Waals surface area contributed by atoms with E-state index in [1.54, 1.807) is 35.8 Å². The standard InChI is InChI=1S/C24H18F3N7OS/c25-24(26,27)14-8-4-9-15-17(14)22(35)34(13-6-2-1-3-7-13)19(30-15)16-10-5-11-33(16)20-18-21(36-12-29-18)32-23(28)31-20/h1-4,6-9,12,16H,5,10-11H2,(H2,28,31,32)/t16-/m0/s1. The van der Waals surface area contributed by atoms with E-state index in [0.29, 0.717) is 40.6 Å². The molecule has 0 aliphatic carbocycles. The molecule has 0 unspecified atom stereocenters. The smallest absolute Gasteiger partial charge is 0.368 e. The van der Waals surface area contributed by atoms with Gasteiger partial charge in [0.25, 0.3) is 5.56 Å². The van der Waals surface area contributed by atoms with Gasteiger partial charge in [-0.05, 0) is 37.1 Å². The summed E-state index contributed by atoms with van der Waals surface area (Å²) in [6, 6.07) is 11.7. The number of thiazole rings is 1. The number of nitrogen functional groups attached to an aromatic ring is 1. The molecule has 1 atom stereocenters. The predicted molar refractivity (Wildman–Crippen MR) is 131 cm³/mol. The maximum atomic E-state index is 13.9. The van der Waals surface area contributed by atoms with Crippen LogP contribution in [0.5, 0.6) is 0 Å². The van der Waals surface area contributed by atoms with E-state index in [-0.39, 0.29) is 11.5 Å². The molecule has 0 spiro atoms. The van der Waals surface area contributed by atoms with Gasteiger partial charge in [-0.1, -0.05) is 24.3 Å². The van der Waals surface area contributed by atoms with Crippen molar-refractivity contribution in [1.29, 1.82) is 0 Å². The summed E-state index contributed by atoms with van der Waals surface area (Å²) in [4.78, 5) is 34.1. The molecular weight excluding hydrogens is 491 g/mol. The molecule has 2 N–H and O–H groups in total. The van der Waals surface area contributed by atoms with Crippen molar-refractivity contribution in [2.45, 2.75) is 25.1 Å². The van der Waals surface area contributed by atoms with E-state index in [1.165, 1.54) is 28.0 Å². The average Bonchev–Trinajstić information content (AvgIpc) is 3.53. The van der Waals surface area contributed by atoms with Crippen LogP contribution < -0.4 is 16.2 Å². The lowest BCUT2D eigenvalue weighted by Crippen LogP contribution is -2.33. The van der Waals surface area contributed by atoms with Crippen LogP contribution in [0.2, 0.25) is 0 Å². The van der Waals surface area contributed by atoms with E-state index in [4.69, 9.17) is 5.73 Å². The van der Waals surface area contributed by atoms with Crippen molar-refractivity contribution in [2.75, 3.05) is 17.2 Å². The molecule has 0 saturated carbocycles. The van der Waals surface area contributed by atoms with Gasteiger partial charge >= 0.3 is 6.18 Å². The van der Waals surface area contributed by atoms with Gasteiger partial charge in [-0.2, -0.15) is 18.2 Å². The molecule has 8 nitrogen and oxygen atoms in total. The number of benzene rings is 2. The molecule has 4 heterocycles. The second-order valence-corrected chi connectivity index (χ2v) is 9.24. The molecule has 1 fully saturated rings. The Labute approximate surface area is 205 Å². The van der Waals surface area contributed by atoms with Crippen molar-refractivity contribution in [3.63, 3.8) is 0 Å². The van der Waals surface area contributed by atoms with Crippen molar-refractivity contribution in [3.05, 3.63) is 75.8 Å². The third kappa shape index (κ3) is 3.56. The fourth-order valence-corrected chi connectivity index (χ4v) is 5.45. The fraction of sp³-hybridized carbons (Fsp3) is 0.208. The maximum absolute atomic E-state index is 13.9. The Morgan fingerprint density at radius 2 is 1.83 bits per heavy atom. The number of para-hydroxylation sites is 1. The first-order chi connectivity index (χ1) is 17.3. The molecule has 0 amide bonds. The number of alkyl halides is 3. The van der Waals surface area contributed by atoms with E-state index in [2.05, 4.69) is 19.9 Å². The Balaban J connectivity index is 1.63. The first kappa shape index (κ1) is 22.4. The van der Waals surface area contributed by atoms with Gasteiger partial charge in [0.2, 0.25) is 5.95 Å². The zero-order valence-corrected chi connectivity index (χ0v) is 19.4. The van der Waals surface area contributed by atoms with E-state index >= 15 is 0 Å². The molecule has 182 valence electrons. The highest BCUT2D eigenvalue weighted by molar-refractivity contribution is 7.16. The number of hydrogen-bond donors (Lipinski definition) is 1. The minimum atomic E-state index is -4.70. The minimum Gasteiger partial charge on any atom is -0.368 e. The molecular formula is C24H18F3N7OS. The molecule has 1 saturated heterocycles. The molecule has 5 aromatic rings. The van der Waals surface area contributed by atoms with Crippen LogP contribution >= 0.6 is 11.3 Å². The van der Waals surface area contributed by atoms with Crippen LogP contribution in [-0.4, -0.2) is 31.0 Å². The molecule has 36 heavy (non-hydrogen) atoms. The van der Waals surface area contributed by atoms with Crippen molar-refractivity contribution in [3.8, 4) is 5.69 Å². The summed E-state index contributed by atoms with van der Waals surface area (Å²) in [6.07, 6.45) is -3.34. The lowest BCUT2D eigenvalue weighted by atomic mass is 10.1. The molecule has 2 aromatic carbocycles. The van der Waals surface area contributed by atoms with Crippen LogP contribution in [0.1, 0.15) is 30.3 Å². The second-order valence-electron chi connectivity index (χ2n) is 8.41. The van der Waals surface area contributed by atoms with Crippen LogP contribution in [0.3, 0.4) is 0 Å². The van der Waals surface area contributed by atoms with Crippen LogP contribution in [0.4, 0.5) is 24.9 Å². The summed E-state index contributed by atoms with van der Waals surface area (Å²) in [5.41, 5.74) is 6.83. The van der Waals surface area contributed by atoms with Crippen molar-refractivity contribution in [2.24, 2.45) is 0 Å². The summed E-state index contributed by atoms with van der Waals surface area (Å²) in [7, 11) is 0. The molecule has 0 radical (unpaired) electrons. The quantitative estimate of drug-likeness (QED) is 0.375. The molecule has 1 aliphatic heterocycles. The average molecular weight is 510 g/mol. The summed E-state index contributed by atoms with van der Waals surface area (Å²) >= 11 is 1.33. The lowest BCUT2D eigenvalue weighted by molar-refractivity contribution is -0.136. The number of rotatable bonds is 3. The second kappa shape index (κ2) is 8.26. The van der Waals surface area contributed by atoms with Crippen LogP contribution in [0.15, 0.2) is 58.8 Å². The highest BCUT2D eigenvalue weighted by Gasteiger charge is 2.37. The zero-order chi connectivity index (χ0) is 25.0. The van der Waals surface area contributed by atoms with Gasteiger partial charge in [0, 0.05) is 6.54 Å². The Kier molecular flexibility index (Phi) is 5.14. The van der Waals surface area contributed by atoms with Crippen LogP contribution in [0, 0.1) is 0 Å². The molecule has 0 bridgehead atoms. The van der Waals surface area contributed by atoms with E-state index in [9.17, 15) is 18.0 Å². The fourth-order valence-electron chi connectivity index (χ4n) is 4.79. The first-order valence-corrected chi connectivity index (χ1v) is 12.0. The molecule has 6 rings (SSSR count). The number of nitrogens with two attached hydrogens (primary N) is 1. The topological polar surface area (TPSA) is 103 Å². The number of anilines is 2. The summed E-state index contributed by atoms with van der Waals surface area (Å²) in [6.45, 7) is 0.582. The van der Waals surface area contributed by atoms with Crippen LogP contribution in [-0.2, 0) is 6.18 Å². The van der Waals surface area contributed by atoms with Crippen molar-refractivity contribution < 1.29 is 13.2 Å². The third-order valence-electron chi connectivity index (χ3n) is 6.26. The van der Waals surface area contributed by atoms with Gasteiger partial charge < -0.3 is 10.6 Å². The van der Waals surface area contributed by atoms with E-state index < -0.39 is 28.7 Å². The monoisotopic (exact) mass is 509 g/mol. The van der Waals surface area contributed by atoms with E-state index in [0.717, 1.165) is 12.5 Å². The Hall–Kier alpha value is -4.06. The van der Waals surface area contributed by atoms with Gasteiger partial charge in [0.05, 0.1) is 33.7 Å². The summed E-state index contributed by atoms with van der Waals surface area (Å²) in [5.74, 6) is 0.935. The maximum Gasteiger partial charge on any atom is 0.417 e. The van der Waals surface area contributed by atoms with Crippen molar-refractivity contribution >= 4 is 44.4 Å². The van der Waals surface area contributed by atoms with Gasteiger partial charge in [0.1, 0.15) is 11.3 Å². The minimum absolute atomic E-state index is 0.00939. The largest absolute Gasteiger partial charge is 0.417 e. The summed E-state index contributed by atoms with van der Waals surface area (Å²) in [5, 5.41) is -0.463. The Morgan fingerprint density at radius 1 is 1.03 bits per heavy atom. The lowest BCUT2D eigenvalue weighted by Gasteiger charge is -2.28. The number of aromatic nitrogens is 5. The number of halogens is 3. The highest BCUT2D eigenvalue weighted by Crippen LogP contribution is 2.39. The number of nitrogens with zero attached hydrogens (tertiary/aromatic N) is 6. The van der Waals surface area contributed by atoms with Gasteiger partial charge in [-0.25, -0.2) is 15.0 Å². The first-order valence-electron chi connectivity index (χ1n) is 11.1. The third-order valence-corrected chi connectivity index (χ3v) is 6.98. The molecule has 3 aromatic heterocycles. The Bertz CT molecular complexity index is 1670. The predicted octanol–water partition coefficient (Wildman–Crippen LogP) is 4.73. The molecule has 1 aliphatic rings. The number of fused-ring (bicyclic) bond motifs is 2. The zero-order valence-electron chi connectivity index (χ0n) is 18.6. The Morgan fingerprint density at radius 3 is 2.61 bits per heavy atom. The van der Waals surface area contributed by atoms with Crippen LogP contribution in [0.25, 0.3) is 26.9 Å². The highest BCUT2D eigenvalue weighted by atomic mass is 32.1.